The van der Waals surface area contributed by atoms with Crippen molar-refractivity contribution in [3.63, 3.8) is 0 Å². The van der Waals surface area contributed by atoms with Gasteiger partial charge in [0, 0.05) is 8.56 Å². The lowest BCUT2D eigenvalue weighted by molar-refractivity contribution is 0.159. The average molecular weight is 1930 g/mol. The standard InChI is InChI=1S/C36H68.C34H62.C34H64.C34H62.6H2/c1-5-9-13-17-21-25-29-33-35(31-27-23-19-15-11-7-3)36(32-28-24-20-16-12-8-4)34-30-26-22-18-14-10-6-2;1-5-9-13-15-19-21-29-25-26-32-27-30(22-17-11-7-3)31(23-18-12-8-4)28-34(32)33(29)24-20-16-14-10-6-2;2*1-5-9-13-17-20-24-28-34-31(25-21-16-12-8-4)29-30-32(26-22-18-14-10-6-2)33(34)27-23-19-15-11-7-3;;;;;;/h21-22,25-26,33,36H,5-20,23-24,27-32,34H2,1-4H3;25-26,28-33H,5-24,27H2,1-4H3;20,24,29-34H,5-19,21-23,25-28H2,1-4H3;29-30H,5-28H2,1-4H3;6*1H/b25-21+,26-22+,35-33-;;24-20+;;;;;;;. The molecule has 0 saturated heterocycles. The molecule has 0 heterocycles. The molecule has 0 saturated carbocycles. The van der Waals surface area contributed by atoms with E-state index in [1.165, 1.54) is 584 Å². The van der Waals surface area contributed by atoms with Crippen molar-refractivity contribution in [2.24, 2.45) is 59.2 Å². The van der Waals surface area contributed by atoms with Crippen molar-refractivity contribution in [1.82, 2.24) is 0 Å². The Kier molecular flexibility index (Phi) is 101. The lowest BCUT2D eigenvalue weighted by Crippen LogP contribution is -2.31. The Morgan fingerprint density at radius 1 is 0.261 bits per heavy atom. The van der Waals surface area contributed by atoms with Crippen LogP contribution in [0.15, 0.2) is 96.2 Å². The number of aryl methyl sites for hydroxylation is 2. The van der Waals surface area contributed by atoms with Crippen LogP contribution in [-0.4, -0.2) is 0 Å². The summed E-state index contributed by atoms with van der Waals surface area (Å²) < 4.78 is 0. The molecule has 0 aliphatic heterocycles. The second-order valence-electron chi connectivity index (χ2n) is 45.8. The van der Waals surface area contributed by atoms with E-state index in [1.807, 2.05) is 5.57 Å². The quantitative estimate of drug-likeness (QED) is 0.0450. The second-order valence-corrected chi connectivity index (χ2v) is 45.8. The van der Waals surface area contributed by atoms with Gasteiger partial charge in [0.25, 0.3) is 0 Å². The number of unbranched alkanes of at least 4 members (excludes halogenated alkanes) is 58. The molecule has 0 bridgehead atoms. The van der Waals surface area contributed by atoms with Gasteiger partial charge in [-0.2, -0.15) is 0 Å². The average Bonchev–Trinajstić information content (AvgIpc) is 0.775. The monoisotopic (exact) mass is 1930 g/mol. The highest BCUT2D eigenvalue weighted by atomic mass is 14.4. The lowest BCUT2D eigenvalue weighted by atomic mass is 9.62. The summed E-state index contributed by atoms with van der Waals surface area (Å²) in [7, 11) is 0. The molecule has 138 heavy (non-hydrogen) atoms. The van der Waals surface area contributed by atoms with Gasteiger partial charge in [0.1, 0.15) is 0 Å². The van der Waals surface area contributed by atoms with Gasteiger partial charge in [0.15, 0.2) is 0 Å². The van der Waals surface area contributed by atoms with Crippen LogP contribution in [0.4, 0.5) is 0 Å². The van der Waals surface area contributed by atoms with E-state index in [1.54, 1.807) is 27.8 Å². The largest absolute Gasteiger partial charge is 0.0885 e. The molecule has 0 nitrogen and oxygen atoms in total. The van der Waals surface area contributed by atoms with Crippen molar-refractivity contribution < 1.29 is 8.56 Å². The van der Waals surface area contributed by atoms with Gasteiger partial charge in [0.2, 0.25) is 0 Å². The van der Waals surface area contributed by atoms with Crippen molar-refractivity contribution in [2.75, 3.05) is 0 Å². The maximum absolute atomic E-state index is 2.89. The van der Waals surface area contributed by atoms with Crippen LogP contribution in [0.2, 0.25) is 0 Å². The van der Waals surface area contributed by atoms with Gasteiger partial charge in [0.05, 0.1) is 0 Å². The maximum atomic E-state index is 2.89. The number of fused-ring (bicyclic) bond motifs is 1. The highest BCUT2D eigenvalue weighted by molar-refractivity contribution is 5.42. The van der Waals surface area contributed by atoms with Crippen LogP contribution in [-0.2, 0) is 25.7 Å². The Hall–Kier alpha value is -2.60. The molecule has 0 aromatic heterocycles. The molecular weight excluding hydrogens is 1660 g/mol. The molecule has 1 aromatic carbocycles. The van der Waals surface area contributed by atoms with Gasteiger partial charge in [-0.15, -0.1) is 0 Å². The molecule has 0 radical (unpaired) electrons. The summed E-state index contributed by atoms with van der Waals surface area (Å²) in [5.41, 5.74) is 10.7. The van der Waals surface area contributed by atoms with Crippen molar-refractivity contribution >= 4 is 0 Å². The number of allylic oxidation sites excluding steroid dienone is 14. The first kappa shape index (κ1) is 133. The Bertz CT molecular complexity index is 2870. The van der Waals surface area contributed by atoms with Gasteiger partial charge in [-0.05, 0) is 268 Å². The van der Waals surface area contributed by atoms with Crippen LogP contribution in [0, 0.1) is 59.2 Å². The topological polar surface area (TPSA) is 0 Å². The van der Waals surface area contributed by atoms with Crippen molar-refractivity contribution in [3.8, 4) is 0 Å². The fraction of sp³-hybridized carbons (Fsp3) is 0.855. The molecular formula is C138H268. The fourth-order valence-electron chi connectivity index (χ4n) is 24.0. The van der Waals surface area contributed by atoms with Crippen molar-refractivity contribution in [2.45, 2.75) is 701 Å². The maximum Gasteiger partial charge on any atom is 0 e. The summed E-state index contributed by atoms with van der Waals surface area (Å²) in [5, 5.41) is 0. The zero-order valence-corrected chi connectivity index (χ0v) is 97.9. The first-order valence-corrected chi connectivity index (χ1v) is 64.9. The van der Waals surface area contributed by atoms with Crippen LogP contribution >= 0.6 is 0 Å². The van der Waals surface area contributed by atoms with E-state index in [2.05, 4.69) is 196 Å². The van der Waals surface area contributed by atoms with Gasteiger partial charge < -0.3 is 0 Å². The van der Waals surface area contributed by atoms with Gasteiger partial charge in [-0.25, -0.2) is 0 Å². The van der Waals surface area contributed by atoms with Crippen LogP contribution in [0.3, 0.4) is 0 Å². The number of hydrogen-bond acceptors (Lipinski definition) is 0. The molecule has 3 aliphatic carbocycles. The minimum Gasteiger partial charge on any atom is -0.0885 e. The van der Waals surface area contributed by atoms with Crippen LogP contribution in [0.5, 0.6) is 0 Å². The minimum atomic E-state index is 0. The number of benzene rings is 1. The first-order valence-electron chi connectivity index (χ1n) is 64.9. The van der Waals surface area contributed by atoms with Crippen molar-refractivity contribution in [1.29, 1.82) is 0 Å². The van der Waals surface area contributed by atoms with E-state index in [0.717, 1.165) is 65.6 Å². The van der Waals surface area contributed by atoms with Crippen LogP contribution in [0.25, 0.3) is 0 Å². The van der Waals surface area contributed by atoms with E-state index in [4.69, 9.17) is 0 Å². The second kappa shape index (κ2) is 104. The van der Waals surface area contributed by atoms with E-state index in [0.29, 0.717) is 0 Å². The summed E-state index contributed by atoms with van der Waals surface area (Å²) in [5.74, 6) is 8.55. The van der Waals surface area contributed by atoms with Gasteiger partial charge in [-0.3, -0.25) is 0 Å². The van der Waals surface area contributed by atoms with E-state index >= 15 is 0 Å². The summed E-state index contributed by atoms with van der Waals surface area (Å²) in [6, 6.07) is 5.11. The summed E-state index contributed by atoms with van der Waals surface area (Å²) in [6.07, 6.45) is 160. The highest BCUT2D eigenvalue weighted by Crippen LogP contribution is 2.50. The zero-order valence-electron chi connectivity index (χ0n) is 97.9. The smallest absolute Gasteiger partial charge is 0 e. The molecule has 0 spiro atoms. The molecule has 10 unspecified atom stereocenters. The normalized spacial score (nSPS) is 18.4. The minimum absolute atomic E-state index is 0. The Morgan fingerprint density at radius 2 is 0.572 bits per heavy atom. The SMILES string of the molecule is CCCCC/C=C/C/C=C(/CCCCCCCC)C(CC/C=C/CCCCC)CCCCCCCC.CCCCC/C=C/CC1C(CCCCCC)C=CC(CCCCCCC)C1CCCCCCC.CCCCCCCC1C=CC2CC(CCCCC)C(CCCCC)C=C2C1CCCCCCC.CCCCCCCCc1c(CCCCCC)ccc(CCCCCCC)c1CCCCCCC.[HH].[HH].[HH].[HH].[HH].[HH]. The summed E-state index contributed by atoms with van der Waals surface area (Å²) in [6.45, 7) is 37.3. The fourth-order valence-corrected chi connectivity index (χ4v) is 24.0. The van der Waals surface area contributed by atoms with E-state index in [-0.39, 0.29) is 8.56 Å². The molecule has 1 aromatic rings. The molecule has 0 amide bonds. The number of hydrogen-bond donors (Lipinski definition) is 0. The lowest BCUT2D eigenvalue weighted by Gasteiger charge is -2.42. The Morgan fingerprint density at radius 3 is 1.03 bits per heavy atom. The highest BCUT2D eigenvalue weighted by Gasteiger charge is 2.38. The van der Waals surface area contributed by atoms with E-state index in [9.17, 15) is 0 Å². The summed E-state index contributed by atoms with van der Waals surface area (Å²) in [4.78, 5) is 0. The molecule has 0 N–H and O–H groups in total. The molecule has 0 fully saturated rings. The predicted octanol–water partition coefficient (Wildman–Crippen LogP) is 50.8. The number of rotatable bonds is 95. The van der Waals surface area contributed by atoms with E-state index < -0.39 is 0 Å². The van der Waals surface area contributed by atoms with Gasteiger partial charge >= 0.3 is 0 Å². The Balaban J connectivity index is -0.000000435. The molecule has 4 rings (SSSR count). The third-order valence-corrected chi connectivity index (χ3v) is 33.1. The third kappa shape index (κ3) is 73.5. The third-order valence-electron chi connectivity index (χ3n) is 33.1. The molecule has 10 atom stereocenters. The molecule has 0 heteroatoms. The summed E-state index contributed by atoms with van der Waals surface area (Å²) >= 11 is 0. The zero-order chi connectivity index (χ0) is 100. The van der Waals surface area contributed by atoms with Crippen molar-refractivity contribution in [3.05, 3.63) is 118 Å². The van der Waals surface area contributed by atoms with Gasteiger partial charge in [-0.1, -0.05) is 611 Å². The first-order chi connectivity index (χ1) is 68.1. The van der Waals surface area contributed by atoms with Crippen LogP contribution < -0.4 is 0 Å². The van der Waals surface area contributed by atoms with Crippen LogP contribution in [0.1, 0.15) is 707 Å². The predicted molar refractivity (Wildman–Crippen MR) is 648 cm³/mol. The molecule has 820 valence electrons. The molecule has 3 aliphatic rings. The Labute approximate surface area is 882 Å².